The van der Waals surface area contributed by atoms with Crippen LogP contribution in [0.15, 0.2) is 18.2 Å². The standard InChI is InChI=1S/C17H22F3N3O3/c1-11(2)9-16(24)22-7-5-12(6-8-22)21-15-4-3-13(23(25)26)10-14(15)17(18,19)20/h3-4,10-12,21H,5-9H2,1-2H3. The Balaban J connectivity index is 2.06. The molecule has 1 aliphatic rings. The average Bonchev–Trinajstić information content (AvgIpc) is 2.54. The molecule has 1 saturated heterocycles. The number of rotatable bonds is 5. The van der Waals surface area contributed by atoms with E-state index in [1.54, 1.807) is 4.90 Å². The Kier molecular flexibility index (Phi) is 6.09. The molecule has 1 amide bonds. The van der Waals surface area contributed by atoms with Gasteiger partial charge in [-0.3, -0.25) is 14.9 Å². The summed E-state index contributed by atoms with van der Waals surface area (Å²) in [5.74, 6) is 0.317. The number of nitrogens with zero attached hydrogens (tertiary/aromatic N) is 2. The number of anilines is 1. The third-order valence-electron chi connectivity index (χ3n) is 4.31. The first-order valence-electron chi connectivity index (χ1n) is 8.48. The molecule has 1 N–H and O–H groups in total. The van der Waals surface area contributed by atoms with Crippen LogP contribution in [-0.4, -0.2) is 34.9 Å². The topological polar surface area (TPSA) is 75.5 Å². The molecule has 144 valence electrons. The van der Waals surface area contributed by atoms with Crippen molar-refractivity contribution in [2.75, 3.05) is 18.4 Å². The van der Waals surface area contributed by atoms with Gasteiger partial charge in [-0.25, -0.2) is 0 Å². The maximum atomic E-state index is 13.2. The second-order valence-electron chi connectivity index (χ2n) is 6.88. The molecule has 0 radical (unpaired) electrons. The average molecular weight is 373 g/mol. The van der Waals surface area contributed by atoms with Crippen molar-refractivity contribution in [3.05, 3.63) is 33.9 Å². The summed E-state index contributed by atoms with van der Waals surface area (Å²) in [5.41, 5.74) is -1.82. The van der Waals surface area contributed by atoms with Crippen LogP contribution in [-0.2, 0) is 11.0 Å². The van der Waals surface area contributed by atoms with Crippen molar-refractivity contribution < 1.29 is 22.9 Å². The molecular formula is C17H22F3N3O3. The van der Waals surface area contributed by atoms with Crippen molar-refractivity contribution in [1.82, 2.24) is 4.90 Å². The van der Waals surface area contributed by atoms with Crippen LogP contribution in [0.4, 0.5) is 24.5 Å². The molecule has 1 heterocycles. The van der Waals surface area contributed by atoms with Gasteiger partial charge in [-0.1, -0.05) is 13.8 Å². The number of piperidine rings is 1. The van der Waals surface area contributed by atoms with Crippen LogP contribution in [0, 0.1) is 16.0 Å². The highest BCUT2D eigenvalue weighted by Gasteiger charge is 2.36. The summed E-state index contributed by atoms with van der Waals surface area (Å²) >= 11 is 0. The lowest BCUT2D eigenvalue weighted by atomic mass is 10.0. The highest BCUT2D eigenvalue weighted by Crippen LogP contribution is 2.37. The van der Waals surface area contributed by atoms with E-state index < -0.39 is 22.4 Å². The molecule has 26 heavy (non-hydrogen) atoms. The zero-order valence-electron chi connectivity index (χ0n) is 14.7. The molecule has 0 saturated carbocycles. The first kappa shape index (κ1) is 20.0. The number of halogens is 3. The van der Waals surface area contributed by atoms with Gasteiger partial charge in [-0.15, -0.1) is 0 Å². The SMILES string of the molecule is CC(C)CC(=O)N1CCC(Nc2ccc([N+](=O)[O-])cc2C(F)(F)F)CC1. The van der Waals surface area contributed by atoms with Gasteiger partial charge < -0.3 is 10.2 Å². The Morgan fingerprint density at radius 2 is 1.96 bits per heavy atom. The zero-order valence-corrected chi connectivity index (χ0v) is 14.7. The molecule has 0 aromatic heterocycles. The molecule has 0 spiro atoms. The molecule has 0 unspecified atom stereocenters. The summed E-state index contributed by atoms with van der Waals surface area (Å²) in [4.78, 5) is 23.7. The molecule has 1 aromatic rings. The van der Waals surface area contributed by atoms with E-state index in [4.69, 9.17) is 0 Å². The third-order valence-corrected chi connectivity index (χ3v) is 4.31. The summed E-state index contributed by atoms with van der Waals surface area (Å²) in [6.07, 6.45) is -3.18. The normalized spacial score (nSPS) is 16.0. The van der Waals surface area contributed by atoms with Crippen LogP contribution in [0.2, 0.25) is 0 Å². The molecule has 9 heteroatoms. The summed E-state index contributed by atoms with van der Waals surface area (Å²) in [5, 5.41) is 13.6. The maximum absolute atomic E-state index is 13.2. The van der Waals surface area contributed by atoms with Gasteiger partial charge in [0, 0.05) is 43.4 Å². The quantitative estimate of drug-likeness (QED) is 0.624. The molecular weight excluding hydrogens is 351 g/mol. The summed E-state index contributed by atoms with van der Waals surface area (Å²) < 4.78 is 39.7. The van der Waals surface area contributed by atoms with Crippen molar-refractivity contribution in [1.29, 1.82) is 0 Å². The van der Waals surface area contributed by atoms with E-state index in [0.29, 0.717) is 38.4 Å². The fourth-order valence-corrected chi connectivity index (χ4v) is 2.98. The van der Waals surface area contributed by atoms with Gasteiger partial charge in [0.25, 0.3) is 5.69 Å². The molecule has 6 nitrogen and oxygen atoms in total. The van der Waals surface area contributed by atoms with Gasteiger partial charge in [0.15, 0.2) is 0 Å². The van der Waals surface area contributed by atoms with E-state index in [1.807, 2.05) is 13.8 Å². The summed E-state index contributed by atoms with van der Waals surface area (Å²) in [6, 6.07) is 2.47. The second-order valence-corrected chi connectivity index (χ2v) is 6.88. The second kappa shape index (κ2) is 7.92. The predicted octanol–water partition coefficient (Wildman–Crippen LogP) is 4.06. The summed E-state index contributed by atoms with van der Waals surface area (Å²) in [6.45, 7) is 4.88. The van der Waals surface area contributed by atoms with Crippen molar-refractivity contribution in [2.45, 2.75) is 45.3 Å². The van der Waals surface area contributed by atoms with Gasteiger partial charge >= 0.3 is 6.18 Å². The minimum absolute atomic E-state index is 0.0600. The van der Waals surface area contributed by atoms with E-state index in [9.17, 15) is 28.1 Å². The number of likely N-dealkylation sites (tertiary alicyclic amines) is 1. The number of amides is 1. The first-order chi connectivity index (χ1) is 12.1. The summed E-state index contributed by atoms with van der Waals surface area (Å²) in [7, 11) is 0. The Morgan fingerprint density at radius 3 is 2.46 bits per heavy atom. The van der Waals surface area contributed by atoms with Crippen molar-refractivity contribution in [2.24, 2.45) is 5.92 Å². The predicted molar refractivity (Wildman–Crippen MR) is 90.8 cm³/mol. The number of hydrogen-bond acceptors (Lipinski definition) is 4. The van der Waals surface area contributed by atoms with Crippen LogP contribution in [0.25, 0.3) is 0 Å². The lowest BCUT2D eigenvalue weighted by Crippen LogP contribution is -2.42. The lowest BCUT2D eigenvalue weighted by molar-refractivity contribution is -0.385. The Bertz CT molecular complexity index is 669. The fraction of sp³-hybridized carbons (Fsp3) is 0.588. The van der Waals surface area contributed by atoms with Crippen LogP contribution in [0.3, 0.4) is 0 Å². The van der Waals surface area contributed by atoms with Crippen molar-refractivity contribution in [3.63, 3.8) is 0 Å². The monoisotopic (exact) mass is 373 g/mol. The first-order valence-corrected chi connectivity index (χ1v) is 8.48. The number of non-ortho nitro benzene ring substituents is 1. The Labute approximate surface area is 149 Å². The molecule has 2 rings (SSSR count). The van der Waals surface area contributed by atoms with Gasteiger partial charge in [0.05, 0.1) is 10.5 Å². The minimum Gasteiger partial charge on any atom is -0.382 e. The van der Waals surface area contributed by atoms with Crippen LogP contribution in [0.1, 0.15) is 38.7 Å². The van der Waals surface area contributed by atoms with Crippen molar-refractivity contribution >= 4 is 17.3 Å². The third kappa shape index (κ3) is 5.09. The van der Waals surface area contributed by atoms with E-state index in [1.165, 1.54) is 0 Å². The van der Waals surface area contributed by atoms with Gasteiger partial charge in [-0.05, 0) is 24.8 Å². The largest absolute Gasteiger partial charge is 0.418 e. The minimum atomic E-state index is -4.69. The molecule has 0 bridgehead atoms. The lowest BCUT2D eigenvalue weighted by Gasteiger charge is -2.33. The van der Waals surface area contributed by atoms with Crippen LogP contribution < -0.4 is 5.32 Å². The van der Waals surface area contributed by atoms with Gasteiger partial charge in [0.2, 0.25) is 5.91 Å². The van der Waals surface area contributed by atoms with Crippen molar-refractivity contribution in [3.8, 4) is 0 Å². The molecule has 1 aliphatic heterocycles. The van der Waals surface area contributed by atoms with Gasteiger partial charge in [0.1, 0.15) is 0 Å². The molecule has 1 aromatic carbocycles. The highest BCUT2D eigenvalue weighted by molar-refractivity contribution is 5.76. The van der Waals surface area contributed by atoms with E-state index >= 15 is 0 Å². The number of carbonyl (C=O) groups excluding carboxylic acids is 1. The fourth-order valence-electron chi connectivity index (χ4n) is 2.98. The van der Waals surface area contributed by atoms with E-state index in [2.05, 4.69) is 5.32 Å². The highest BCUT2D eigenvalue weighted by atomic mass is 19.4. The molecule has 0 aliphatic carbocycles. The number of alkyl halides is 3. The maximum Gasteiger partial charge on any atom is 0.418 e. The van der Waals surface area contributed by atoms with Crippen LogP contribution >= 0.6 is 0 Å². The van der Waals surface area contributed by atoms with E-state index in [0.717, 1.165) is 12.1 Å². The number of nitro benzene ring substituents is 1. The number of nitro groups is 1. The number of benzene rings is 1. The number of carbonyl (C=O) groups is 1. The molecule has 1 fully saturated rings. The smallest absolute Gasteiger partial charge is 0.382 e. The van der Waals surface area contributed by atoms with E-state index in [-0.39, 0.29) is 23.6 Å². The van der Waals surface area contributed by atoms with Crippen LogP contribution in [0.5, 0.6) is 0 Å². The number of nitrogens with one attached hydrogen (secondary N) is 1. The number of hydrogen-bond donors (Lipinski definition) is 1. The van der Waals surface area contributed by atoms with Gasteiger partial charge in [-0.2, -0.15) is 13.2 Å². The zero-order chi connectivity index (χ0) is 19.5. The molecule has 0 atom stereocenters. The Morgan fingerprint density at radius 1 is 1.35 bits per heavy atom. The Hall–Kier alpha value is -2.32.